The van der Waals surface area contributed by atoms with Gasteiger partial charge in [-0.15, -0.1) is 11.3 Å². The molecule has 0 radical (unpaired) electrons. The number of amides is 2. The Balaban J connectivity index is 1.77. The maximum Gasteiger partial charge on any atom is 0.248 e. The van der Waals surface area contributed by atoms with Gasteiger partial charge in [-0.05, 0) is 42.8 Å². The highest BCUT2D eigenvalue weighted by Gasteiger charge is 2.20. The number of halogens is 2. The number of hydrogen-bond acceptors (Lipinski definition) is 4. The minimum absolute atomic E-state index is 0.0842. The van der Waals surface area contributed by atoms with E-state index < -0.39 is 23.4 Å². The van der Waals surface area contributed by atoms with Gasteiger partial charge < -0.3 is 5.32 Å². The Labute approximate surface area is 170 Å². The highest BCUT2D eigenvalue weighted by atomic mass is 32.1. The predicted octanol–water partition coefficient (Wildman–Crippen LogP) is 5.07. The van der Waals surface area contributed by atoms with Crippen LogP contribution in [0.2, 0.25) is 0 Å². The summed E-state index contributed by atoms with van der Waals surface area (Å²) in [5, 5.41) is 4.36. The van der Waals surface area contributed by atoms with Crippen LogP contribution in [0.3, 0.4) is 0 Å². The van der Waals surface area contributed by atoms with Crippen molar-refractivity contribution in [2.75, 3.05) is 10.2 Å². The molecule has 0 spiro atoms. The molecule has 0 saturated carbocycles. The summed E-state index contributed by atoms with van der Waals surface area (Å²) in [6.45, 7) is 3.10. The molecule has 1 N–H and O–H groups in total. The second-order valence-corrected chi connectivity index (χ2v) is 7.00. The Morgan fingerprint density at radius 1 is 1.14 bits per heavy atom. The Hall–Kier alpha value is -3.39. The SMILES string of the molecule is CC(=O)N(c1nc(/C=C/C(=O)Nc2cc(C)ccc2F)cs1)c1ccccc1F. The molecule has 0 aliphatic carbocycles. The molecule has 8 heteroatoms. The molecule has 1 heterocycles. The van der Waals surface area contributed by atoms with Crippen LogP contribution in [0.5, 0.6) is 0 Å². The number of nitrogens with one attached hydrogen (secondary N) is 1. The molecule has 148 valence electrons. The monoisotopic (exact) mass is 413 g/mol. The minimum Gasteiger partial charge on any atom is -0.320 e. The molecule has 0 atom stereocenters. The van der Waals surface area contributed by atoms with Gasteiger partial charge in [0.15, 0.2) is 5.13 Å². The number of aryl methyl sites for hydroxylation is 1. The van der Waals surface area contributed by atoms with Gasteiger partial charge in [0.25, 0.3) is 0 Å². The number of thiazole rings is 1. The fraction of sp³-hybridized carbons (Fsp3) is 0.0952. The Bertz CT molecular complexity index is 1100. The summed E-state index contributed by atoms with van der Waals surface area (Å²) >= 11 is 1.13. The average molecular weight is 413 g/mol. The van der Waals surface area contributed by atoms with Crippen LogP contribution in [-0.2, 0) is 9.59 Å². The number of hydrogen-bond donors (Lipinski definition) is 1. The second kappa shape index (κ2) is 8.74. The maximum absolute atomic E-state index is 14.1. The highest BCUT2D eigenvalue weighted by molar-refractivity contribution is 7.14. The topological polar surface area (TPSA) is 62.3 Å². The van der Waals surface area contributed by atoms with E-state index in [9.17, 15) is 18.4 Å². The van der Waals surface area contributed by atoms with Crippen LogP contribution in [0.1, 0.15) is 18.2 Å². The van der Waals surface area contributed by atoms with E-state index in [1.54, 1.807) is 24.4 Å². The molecule has 2 aromatic carbocycles. The van der Waals surface area contributed by atoms with Crippen LogP contribution in [0.4, 0.5) is 25.3 Å². The summed E-state index contributed by atoms with van der Waals surface area (Å²) in [6.07, 6.45) is 2.64. The lowest BCUT2D eigenvalue weighted by molar-refractivity contribution is -0.116. The van der Waals surface area contributed by atoms with Gasteiger partial charge >= 0.3 is 0 Å². The lowest BCUT2D eigenvalue weighted by atomic mass is 10.2. The molecule has 0 bridgehead atoms. The molecule has 0 unspecified atom stereocenters. The number of anilines is 3. The normalized spacial score (nSPS) is 10.9. The molecule has 0 aliphatic rings. The summed E-state index contributed by atoms with van der Waals surface area (Å²) in [7, 11) is 0. The zero-order valence-electron chi connectivity index (χ0n) is 15.6. The average Bonchev–Trinajstić information content (AvgIpc) is 3.13. The summed E-state index contributed by atoms with van der Waals surface area (Å²) in [5.74, 6) is -2.00. The molecule has 0 aliphatic heterocycles. The summed E-state index contributed by atoms with van der Waals surface area (Å²) < 4.78 is 27.8. The molecular weight excluding hydrogens is 396 g/mol. The zero-order valence-corrected chi connectivity index (χ0v) is 16.5. The highest BCUT2D eigenvalue weighted by Crippen LogP contribution is 2.31. The fourth-order valence-corrected chi connectivity index (χ4v) is 3.41. The molecule has 5 nitrogen and oxygen atoms in total. The van der Waals surface area contributed by atoms with Crippen LogP contribution in [0, 0.1) is 18.6 Å². The number of benzene rings is 2. The van der Waals surface area contributed by atoms with Gasteiger partial charge in [0.1, 0.15) is 11.6 Å². The first kappa shape index (κ1) is 20.3. The number of carbonyl (C=O) groups excluding carboxylic acids is 2. The standard InChI is InChI=1S/C21H17F2N3O2S/c1-13-7-9-16(22)18(11-13)25-20(28)10-8-15-12-29-21(24-15)26(14(2)27)19-6-4-3-5-17(19)23/h3-12H,1-2H3,(H,25,28)/b10-8+. The van der Waals surface area contributed by atoms with Crippen LogP contribution in [-0.4, -0.2) is 16.8 Å². The van der Waals surface area contributed by atoms with Gasteiger partial charge in [0.2, 0.25) is 11.8 Å². The van der Waals surface area contributed by atoms with Crippen molar-refractivity contribution >= 4 is 45.7 Å². The van der Waals surface area contributed by atoms with Crippen molar-refractivity contribution in [3.63, 3.8) is 0 Å². The number of carbonyl (C=O) groups is 2. The summed E-state index contributed by atoms with van der Waals surface area (Å²) in [5.41, 5.74) is 1.40. The van der Waals surface area contributed by atoms with E-state index in [0.29, 0.717) is 5.69 Å². The third kappa shape index (κ3) is 4.91. The van der Waals surface area contributed by atoms with Gasteiger partial charge in [-0.25, -0.2) is 13.8 Å². The van der Waals surface area contributed by atoms with E-state index in [-0.39, 0.29) is 16.5 Å². The first-order valence-corrected chi connectivity index (χ1v) is 9.49. The van der Waals surface area contributed by atoms with Crippen molar-refractivity contribution in [1.29, 1.82) is 0 Å². The lowest BCUT2D eigenvalue weighted by Crippen LogP contribution is -2.23. The van der Waals surface area contributed by atoms with Crippen LogP contribution < -0.4 is 10.2 Å². The second-order valence-electron chi connectivity index (χ2n) is 6.17. The molecular formula is C21H17F2N3O2S. The van der Waals surface area contributed by atoms with Gasteiger partial charge in [-0.2, -0.15) is 0 Å². The third-order valence-corrected chi connectivity index (χ3v) is 4.74. The molecule has 3 rings (SSSR count). The lowest BCUT2D eigenvalue weighted by Gasteiger charge is -2.18. The number of nitrogens with zero attached hydrogens (tertiary/aromatic N) is 2. The van der Waals surface area contributed by atoms with Crippen molar-refractivity contribution in [3.8, 4) is 0 Å². The van der Waals surface area contributed by atoms with Crippen LogP contribution in [0.25, 0.3) is 6.08 Å². The molecule has 2 amide bonds. The first-order chi connectivity index (χ1) is 13.8. The number of rotatable bonds is 5. The van der Waals surface area contributed by atoms with Crippen molar-refractivity contribution in [3.05, 3.63) is 76.8 Å². The largest absolute Gasteiger partial charge is 0.320 e. The Kier molecular flexibility index (Phi) is 6.13. The summed E-state index contributed by atoms with van der Waals surface area (Å²) in [4.78, 5) is 29.5. The van der Waals surface area contributed by atoms with E-state index in [4.69, 9.17) is 0 Å². The van der Waals surface area contributed by atoms with Crippen LogP contribution >= 0.6 is 11.3 Å². The first-order valence-electron chi connectivity index (χ1n) is 8.61. The van der Waals surface area contributed by atoms with E-state index in [0.717, 1.165) is 16.9 Å². The van der Waals surface area contributed by atoms with Crippen molar-refractivity contribution in [2.24, 2.45) is 0 Å². The molecule has 1 aromatic heterocycles. The van der Waals surface area contributed by atoms with Crippen molar-refractivity contribution in [1.82, 2.24) is 4.98 Å². The predicted molar refractivity (Wildman–Crippen MR) is 110 cm³/mol. The molecule has 0 saturated heterocycles. The van der Waals surface area contributed by atoms with Crippen molar-refractivity contribution < 1.29 is 18.4 Å². The van der Waals surface area contributed by atoms with Gasteiger partial charge in [0.05, 0.1) is 17.1 Å². The molecule has 3 aromatic rings. The number of aromatic nitrogens is 1. The van der Waals surface area contributed by atoms with E-state index >= 15 is 0 Å². The fourth-order valence-electron chi connectivity index (χ4n) is 2.57. The molecule has 0 fully saturated rings. The van der Waals surface area contributed by atoms with Gasteiger partial charge in [0, 0.05) is 18.4 Å². The Morgan fingerprint density at radius 2 is 1.90 bits per heavy atom. The van der Waals surface area contributed by atoms with E-state index in [1.807, 2.05) is 0 Å². The zero-order chi connectivity index (χ0) is 21.0. The van der Waals surface area contributed by atoms with E-state index in [2.05, 4.69) is 10.3 Å². The van der Waals surface area contributed by atoms with E-state index in [1.165, 1.54) is 54.3 Å². The smallest absolute Gasteiger partial charge is 0.248 e. The summed E-state index contributed by atoms with van der Waals surface area (Å²) in [6, 6.07) is 10.3. The van der Waals surface area contributed by atoms with Crippen molar-refractivity contribution in [2.45, 2.75) is 13.8 Å². The van der Waals surface area contributed by atoms with Crippen LogP contribution in [0.15, 0.2) is 53.9 Å². The number of para-hydroxylation sites is 1. The quantitative estimate of drug-likeness (QED) is 0.595. The third-order valence-electron chi connectivity index (χ3n) is 3.89. The Morgan fingerprint density at radius 3 is 2.62 bits per heavy atom. The van der Waals surface area contributed by atoms with Gasteiger partial charge in [-0.3, -0.25) is 14.5 Å². The molecule has 29 heavy (non-hydrogen) atoms. The maximum atomic E-state index is 14.1. The van der Waals surface area contributed by atoms with Gasteiger partial charge in [-0.1, -0.05) is 18.2 Å². The minimum atomic E-state index is -0.547.